The van der Waals surface area contributed by atoms with Crippen LogP contribution >= 0.6 is 23.4 Å². The van der Waals surface area contributed by atoms with Gasteiger partial charge in [-0.15, -0.1) is 16.9 Å². The van der Waals surface area contributed by atoms with Gasteiger partial charge < -0.3 is 4.42 Å². The zero-order valence-electron chi connectivity index (χ0n) is 12.6. The Balaban J connectivity index is 1.48. The largest absolute Gasteiger partial charge is 0.403 e. The number of nitrogens with zero attached hydrogens (tertiary/aromatic N) is 2. The van der Waals surface area contributed by atoms with E-state index in [1.165, 1.54) is 11.8 Å². The molecule has 0 atom stereocenters. The lowest BCUT2D eigenvalue weighted by molar-refractivity contribution is -0.113. The third-order valence-electron chi connectivity index (χ3n) is 3.11. The molecule has 0 fully saturated rings. The zero-order chi connectivity index (χ0) is 16.8. The van der Waals surface area contributed by atoms with Crippen LogP contribution in [0.5, 0.6) is 0 Å². The molecule has 0 bridgehead atoms. The lowest BCUT2D eigenvalue weighted by atomic mass is 10.2. The molecule has 3 aromatic rings. The number of benzene rings is 2. The Hall–Kier alpha value is -2.31. The third kappa shape index (κ3) is 4.59. The number of carbonyl (C=O) groups is 1. The number of rotatable bonds is 6. The van der Waals surface area contributed by atoms with Crippen molar-refractivity contribution in [2.45, 2.75) is 5.75 Å². The second-order valence-corrected chi connectivity index (χ2v) is 6.37. The minimum Gasteiger partial charge on any atom is -0.403 e. The van der Waals surface area contributed by atoms with Crippen LogP contribution in [-0.4, -0.2) is 21.9 Å². The highest BCUT2D eigenvalue weighted by Crippen LogP contribution is 2.19. The van der Waals surface area contributed by atoms with Gasteiger partial charge in [0.1, 0.15) is 0 Å². The van der Waals surface area contributed by atoms with E-state index in [0.29, 0.717) is 16.7 Å². The first-order chi connectivity index (χ1) is 11.7. The van der Waals surface area contributed by atoms with E-state index >= 15 is 0 Å². The van der Waals surface area contributed by atoms with Crippen LogP contribution in [0.4, 0.5) is 6.01 Å². The van der Waals surface area contributed by atoms with Crippen LogP contribution in [0.2, 0.25) is 5.02 Å². The third-order valence-corrected chi connectivity index (χ3v) is 4.36. The first-order valence-electron chi connectivity index (χ1n) is 7.22. The van der Waals surface area contributed by atoms with Gasteiger partial charge in [-0.25, -0.2) is 0 Å². The molecule has 7 heteroatoms. The maximum absolute atomic E-state index is 11.9. The van der Waals surface area contributed by atoms with Crippen molar-refractivity contribution in [3.63, 3.8) is 0 Å². The number of hydrogen-bond acceptors (Lipinski definition) is 5. The molecule has 0 spiro atoms. The van der Waals surface area contributed by atoms with Gasteiger partial charge >= 0.3 is 6.01 Å². The van der Waals surface area contributed by atoms with E-state index in [0.717, 1.165) is 16.9 Å². The number of thioether (sulfide) groups is 1. The number of aromatic nitrogens is 2. The van der Waals surface area contributed by atoms with Crippen molar-refractivity contribution in [2.75, 3.05) is 11.1 Å². The second kappa shape index (κ2) is 7.99. The molecule has 5 nitrogen and oxygen atoms in total. The van der Waals surface area contributed by atoms with Gasteiger partial charge in [0.25, 0.3) is 0 Å². The molecule has 1 aromatic heterocycles. The Kier molecular flexibility index (Phi) is 5.51. The van der Waals surface area contributed by atoms with Crippen molar-refractivity contribution in [3.8, 4) is 11.5 Å². The van der Waals surface area contributed by atoms with Crippen LogP contribution < -0.4 is 5.32 Å². The highest BCUT2D eigenvalue weighted by atomic mass is 35.5. The molecule has 122 valence electrons. The first-order valence-corrected chi connectivity index (χ1v) is 8.75. The normalized spacial score (nSPS) is 10.5. The maximum atomic E-state index is 11.9. The monoisotopic (exact) mass is 359 g/mol. The fourth-order valence-corrected chi connectivity index (χ4v) is 2.88. The molecule has 1 amide bonds. The fourth-order valence-electron chi connectivity index (χ4n) is 1.97. The number of anilines is 1. The summed E-state index contributed by atoms with van der Waals surface area (Å²) < 4.78 is 5.44. The molecular formula is C17H14ClN3O2S. The summed E-state index contributed by atoms with van der Waals surface area (Å²) in [7, 11) is 0. The smallest absolute Gasteiger partial charge is 0.322 e. The SMILES string of the molecule is O=C(CSCc1ccc(Cl)cc1)Nc1nnc(-c2ccccc2)o1. The van der Waals surface area contributed by atoms with Gasteiger partial charge in [0.15, 0.2) is 0 Å². The van der Waals surface area contributed by atoms with E-state index in [-0.39, 0.29) is 11.9 Å². The van der Waals surface area contributed by atoms with E-state index in [1.54, 1.807) is 0 Å². The summed E-state index contributed by atoms with van der Waals surface area (Å²) in [6, 6.07) is 17.0. The Morgan fingerprint density at radius 1 is 1.08 bits per heavy atom. The summed E-state index contributed by atoms with van der Waals surface area (Å²) in [5.41, 5.74) is 1.92. The number of halogens is 1. The molecular weight excluding hydrogens is 346 g/mol. The molecule has 0 aliphatic heterocycles. The van der Waals surface area contributed by atoms with Gasteiger partial charge in [-0.05, 0) is 29.8 Å². The number of hydrogen-bond donors (Lipinski definition) is 1. The molecule has 0 radical (unpaired) electrons. The van der Waals surface area contributed by atoms with E-state index < -0.39 is 0 Å². The van der Waals surface area contributed by atoms with Crippen LogP contribution in [0.3, 0.4) is 0 Å². The van der Waals surface area contributed by atoms with Gasteiger partial charge in [-0.3, -0.25) is 10.1 Å². The molecule has 0 saturated carbocycles. The van der Waals surface area contributed by atoms with E-state index in [9.17, 15) is 4.79 Å². The molecule has 1 heterocycles. The van der Waals surface area contributed by atoms with E-state index in [2.05, 4.69) is 15.5 Å². The molecule has 0 unspecified atom stereocenters. The number of carbonyl (C=O) groups excluding carboxylic acids is 1. The Bertz CT molecular complexity index is 806. The van der Waals surface area contributed by atoms with Gasteiger partial charge in [0, 0.05) is 16.3 Å². The molecule has 0 aliphatic rings. The minimum atomic E-state index is -0.183. The van der Waals surface area contributed by atoms with E-state index in [1.807, 2.05) is 54.6 Å². The van der Waals surface area contributed by atoms with Crippen molar-refractivity contribution < 1.29 is 9.21 Å². The summed E-state index contributed by atoms with van der Waals surface area (Å²) >= 11 is 7.34. The van der Waals surface area contributed by atoms with Crippen molar-refractivity contribution in [3.05, 3.63) is 65.2 Å². The molecule has 24 heavy (non-hydrogen) atoms. The number of amides is 1. The van der Waals surface area contributed by atoms with Crippen LogP contribution in [0, 0.1) is 0 Å². The fraction of sp³-hybridized carbons (Fsp3) is 0.118. The molecule has 0 aliphatic carbocycles. The van der Waals surface area contributed by atoms with Crippen molar-refractivity contribution >= 4 is 35.3 Å². The summed E-state index contributed by atoms with van der Waals surface area (Å²) in [5, 5.41) is 11.1. The molecule has 0 saturated heterocycles. The van der Waals surface area contributed by atoms with E-state index in [4.69, 9.17) is 16.0 Å². The van der Waals surface area contributed by atoms with Crippen LogP contribution in [0.25, 0.3) is 11.5 Å². The molecule has 2 aromatic carbocycles. The average Bonchev–Trinajstić information content (AvgIpc) is 3.06. The molecule has 1 N–H and O–H groups in total. The van der Waals surface area contributed by atoms with Gasteiger partial charge in [0.2, 0.25) is 11.8 Å². The quantitative estimate of drug-likeness (QED) is 0.712. The zero-order valence-corrected chi connectivity index (χ0v) is 14.2. The predicted octanol–water partition coefficient (Wildman–Crippen LogP) is 4.26. The average molecular weight is 360 g/mol. The Morgan fingerprint density at radius 3 is 2.58 bits per heavy atom. The summed E-state index contributed by atoms with van der Waals surface area (Å²) in [5.74, 6) is 1.21. The second-order valence-electron chi connectivity index (χ2n) is 4.95. The minimum absolute atomic E-state index is 0.103. The van der Waals surface area contributed by atoms with Gasteiger partial charge in [-0.1, -0.05) is 47.0 Å². The van der Waals surface area contributed by atoms with Crippen LogP contribution in [0.15, 0.2) is 59.0 Å². The Labute approximate surface area is 148 Å². The van der Waals surface area contributed by atoms with Crippen molar-refractivity contribution in [2.24, 2.45) is 0 Å². The maximum Gasteiger partial charge on any atom is 0.322 e. The lowest BCUT2D eigenvalue weighted by Crippen LogP contribution is -2.14. The standard InChI is InChI=1S/C17H14ClN3O2S/c18-14-8-6-12(7-9-14)10-24-11-15(22)19-17-21-20-16(23-17)13-4-2-1-3-5-13/h1-9H,10-11H2,(H,19,21,22). The predicted molar refractivity (Wildman–Crippen MR) is 96.0 cm³/mol. The first kappa shape index (κ1) is 16.5. The lowest BCUT2D eigenvalue weighted by Gasteiger charge is -2.02. The highest BCUT2D eigenvalue weighted by Gasteiger charge is 2.11. The highest BCUT2D eigenvalue weighted by molar-refractivity contribution is 7.99. The van der Waals surface area contributed by atoms with Crippen LogP contribution in [-0.2, 0) is 10.5 Å². The number of nitrogens with one attached hydrogen (secondary N) is 1. The van der Waals surface area contributed by atoms with Gasteiger partial charge in [-0.2, -0.15) is 0 Å². The van der Waals surface area contributed by atoms with Gasteiger partial charge in [0.05, 0.1) is 5.75 Å². The Morgan fingerprint density at radius 2 is 1.83 bits per heavy atom. The van der Waals surface area contributed by atoms with Crippen LogP contribution in [0.1, 0.15) is 5.56 Å². The van der Waals surface area contributed by atoms with Crippen molar-refractivity contribution in [1.82, 2.24) is 10.2 Å². The molecule has 3 rings (SSSR count). The summed E-state index contributed by atoms with van der Waals surface area (Å²) in [6.07, 6.45) is 0. The van der Waals surface area contributed by atoms with Crippen molar-refractivity contribution in [1.29, 1.82) is 0 Å². The summed E-state index contributed by atoms with van der Waals surface area (Å²) in [4.78, 5) is 11.9. The summed E-state index contributed by atoms with van der Waals surface area (Å²) in [6.45, 7) is 0. The topological polar surface area (TPSA) is 68.0 Å².